The summed E-state index contributed by atoms with van der Waals surface area (Å²) in [7, 11) is 0. The molecule has 0 saturated heterocycles. The number of amides is 1. The summed E-state index contributed by atoms with van der Waals surface area (Å²) in [6, 6.07) is 0.263. The number of nitrogens with zero attached hydrogens (tertiary/aromatic N) is 1. The topological polar surface area (TPSA) is 80.0 Å². The van der Waals surface area contributed by atoms with Crippen molar-refractivity contribution in [3.63, 3.8) is 0 Å². The van der Waals surface area contributed by atoms with E-state index in [1.165, 1.54) is 11.3 Å². The van der Waals surface area contributed by atoms with E-state index in [0.29, 0.717) is 10.0 Å². The van der Waals surface area contributed by atoms with Gasteiger partial charge < -0.3 is 16.4 Å². The lowest BCUT2D eigenvalue weighted by atomic mass is 10.0. The van der Waals surface area contributed by atoms with Gasteiger partial charge in [0, 0.05) is 11.6 Å². The second-order valence-electron chi connectivity index (χ2n) is 5.22. The second-order valence-corrected chi connectivity index (χ2v) is 6.22. The van der Waals surface area contributed by atoms with E-state index in [-0.39, 0.29) is 23.3 Å². The van der Waals surface area contributed by atoms with Crippen LogP contribution in [-0.2, 0) is 0 Å². The predicted octanol–water partition coefficient (Wildman–Crippen LogP) is 2.46. The molecular weight excluding hydrogens is 248 g/mol. The molecule has 0 unspecified atom stereocenters. The molecule has 1 aromatic rings. The smallest absolute Gasteiger partial charge is 0.265 e. The Morgan fingerprint density at radius 1 is 1.50 bits per heavy atom. The molecule has 0 aromatic carbocycles. The highest BCUT2D eigenvalue weighted by Gasteiger charge is 2.23. The van der Waals surface area contributed by atoms with Gasteiger partial charge in [-0.2, -0.15) is 0 Å². The summed E-state index contributed by atoms with van der Waals surface area (Å²) >= 11 is 1.29. The van der Waals surface area contributed by atoms with Crippen molar-refractivity contribution in [3.8, 4) is 0 Å². The minimum absolute atomic E-state index is 0.159. The van der Waals surface area contributed by atoms with Gasteiger partial charge in [-0.25, -0.2) is 4.98 Å². The number of rotatable bonds is 5. The third-order valence-electron chi connectivity index (χ3n) is 2.61. The van der Waals surface area contributed by atoms with Crippen molar-refractivity contribution < 1.29 is 4.79 Å². The van der Waals surface area contributed by atoms with Gasteiger partial charge in [0.15, 0.2) is 5.13 Å². The highest BCUT2D eigenvalue weighted by atomic mass is 32.1. The fourth-order valence-electron chi connectivity index (χ4n) is 1.26. The zero-order chi connectivity index (χ0) is 13.9. The molecule has 4 N–H and O–H groups in total. The number of hydrogen-bond acceptors (Lipinski definition) is 5. The molecule has 0 radical (unpaired) electrons. The van der Waals surface area contributed by atoms with Crippen LogP contribution in [-0.4, -0.2) is 22.5 Å². The molecule has 0 aliphatic heterocycles. The number of nitrogen functional groups attached to an aromatic ring is 1. The zero-order valence-corrected chi connectivity index (χ0v) is 12.4. The number of anilines is 2. The van der Waals surface area contributed by atoms with Gasteiger partial charge in [0.1, 0.15) is 10.7 Å². The standard InChI is InChI=1S/C12H22N4OS/c1-6-12(4,5)16-10(17)8-9(13)15-11(18-8)14-7(2)3/h7H,6,13H2,1-5H3,(H,14,15)(H,16,17). The van der Waals surface area contributed by atoms with E-state index < -0.39 is 0 Å². The third kappa shape index (κ3) is 3.87. The second kappa shape index (κ2) is 5.56. The minimum Gasteiger partial charge on any atom is -0.382 e. The Morgan fingerprint density at radius 2 is 2.11 bits per heavy atom. The first kappa shape index (κ1) is 14.8. The van der Waals surface area contributed by atoms with Gasteiger partial charge in [-0.15, -0.1) is 0 Å². The fourth-order valence-corrected chi connectivity index (χ4v) is 2.18. The van der Waals surface area contributed by atoms with Gasteiger partial charge in [-0.1, -0.05) is 18.3 Å². The van der Waals surface area contributed by atoms with Crippen LogP contribution in [0.25, 0.3) is 0 Å². The molecule has 6 heteroatoms. The van der Waals surface area contributed by atoms with Crippen molar-refractivity contribution in [2.45, 2.75) is 52.6 Å². The van der Waals surface area contributed by atoms with Crippen LogP contribution < -0.4 is 16.4 Å². The number of nitrogens with two attached hydrogens (primary N) is 1. The third-order valence-corrected chi connectivity index (χ3v) is 3.61. The van der Waals surface area contributed by atoms with Gasteiger partial charge in [-0.05, 0) is 34.1 Å². The van der Waals surface area contributed by atoms with Crippen LogP contribution in [0.4, 0.5) is 10.9 Å². The van der Waals surface area contributed by atoms with Gasteiger partial charge in [0.25, 0.3) is 5.91 Å². The van der Waals surface area contributed by atoms with Crippen molar-refractivity contribution in [2.24, 2.45) is 0 Å². The van der Waals surface area contributed by atoms with Crippen molar-refractivity contribution in [1.82, 2.24) is 10.3 Å². The Balaban J connectivity index is 2.83. The van der Waals surface area contributed by atoms with Gasteiger partial charge >= 0.3 is 0 Å². The average molecular weight is 270 g/mol. The molecule has 102 valence electrons. The molecule has 1 aromatic heterocycles. The molecule has 0 atom stereocenters. The van der Waals surface area contributed by atoms with E-state index in [0.717, 1.165) is 6.42 Å². The number of carbonyl (C=O) groups is 1. The molecule has 1 amide bonds. The van der Waals surface area contributed by atoms with E-state index in [4.69, 9.17) is 5.73 Å². The minimum atomic E-state index is -0.237. The summed E-state index contributed by atoms with van der Waals surface area (Å²) in [5.41, 5.74) is 5.54. The van der Waals surface area contributed by atoms with Crippen molar-refractivity contribution in [3.05, 3.63) is 4.88 Å². The molecule has 1 heterocycles. The lowest BCUT2D eigenvalue weighted by Gasteiger charge is -2.23. The largest absolute Gasteiger partial charge is 0.382 e. The fraction of sp³-hybridized carbons (Fsp3) is 0.667. The Hall–Kier alpha value is -1.30. The maximum absolute atomic E-state index is 12.1. The van der Waals surface area contributed by atoms with Crippen LogP contribution in [0.3, 0.4) is 0 Å². The molecule has 0 aliphatic rings. The van der Waals surface area contributed by atoms with Gasteiger partial charge in [0.05, 0.1) is 0 Å². The molecule has 0 fully saturated rings. The lowest BCUT2D eigenvalue weighted by Crippen LogP contribution is -2.42. The zero-order valence-electron chi connectivity index (χ0n) is 11.6. The predicted molar refractivity (Wildman–Crippen MR) is 77.1 cm³/mol. The quantitative estimate of drug-likeness (QED) is 0.768. The van der Waals surface area contributed by atoms with Crippen LogP contribution in [0.1, 0.15) is 50.7 Å². The average Bonchev–Trinajstić information content (AvgIpc) is 2.58. The van der Waals surface area contributed by atoms with Crippen molar-refractivity contribution in [2.75, 3.05) is 11.1 Å². The van der Waals surface area contributed by atoms with Gasteiger partial charge in [0.2, 0.25) is 0 Å². The van der Waals surface area contributed by atoms with Crippen LogP contribution in [0, 0.1) is 0 Å². The summed E-state index contributed by atoms with van der Waals surface area (Å²) in [6.45, 7) is 10.0. The number of carbonyl (C=O) groups excluding carboxylic acids is 1. The lowest BCUT2D eigenvalue weighted by molar-refractivity contribution is 0.0916. The SMILES string of the molecule is CCC(C)(C)NC(=O)c1sc(NC(C)C)nc1N. The first-order valence-electron chi connectivity index (χ1n) is 6.10. The molecule has 0 bridgehead atoms. The number of aromatic nitrogens is 1. The van der Waals surface area contributed by atoms with Crippen LogP contribution >= 0.6 is 11.3 Å². The van der Waals surface area contributed by atoms with Crippen LogP contribution in [0.2, 0.25) is 0 Å². The molecule has 0 aliphatic carbocycles. The normalized spacial score (nSPS) is 11.7. The maximum Gasteiger partial charge on any atom is 0.265 e. The summed E-state index contributed by atoms with van der Waals surface area (Å²) in [5, 5.41) is 6.78. The van der Waals surface area contributed by atoms with Crippen LogP contribution in [0.15, 0.2) is 0 Å². The van der Waals surface area contributed by atoms with E-state index >= 15 is 0 Å². The van der Waals surface area contributed by atoms with E-state index in [9.17, 15) is 4.79 Å². The Morgan fingerprint density at radius 3 is 2.61 bits per heavy atom. The molecule has 5 nitrogen and oxygen atoms in total. The highest BCUT2D eigenvalue weighted by Crippen LogP contribution is 2.26. The van der Waals surface area contributed by atoms with E-state index in [2.05, 4.69) is 15.6 Å². The van der Waals surface area contributed by atoms with E-state index in [1.54, 1.807) is 0 Å². The van der Waals surface area contributed by atoms with E-state index in [1.807, 2.05) is 34.6 Å². The summed E-state index contributed by atoms with van der Waals surface area (Å²) in [4.78, 5) is 16.7. The summed E-state index contributed by atoms with van der Waals surface area (Å²) in [6.07, 6.45) is 0.856. The highest BCUT2D eigenvalue weighted by molar-refractivity contribution is 7.18. The molecule has 0 spiro atoms. The first-order chi connectivity index (χ1) is 8.25. The molecule has 1 rings (SSSR count). The summed E-state index contributed by atoms with van der Waals surface area (Å²) < 4.78 is 0. The molecule has 18 heavy (non-hydrogen) atoms. The molecule has 0 saturated carbocycles. The number of nitrogens with one attached hydrogen (secondary N) is 2. The maximum atomic E-state index is 12.1. The Labute approximate surface area is 112 Å². The van der Waals surface area contributed by atoms with Crippen molar-refractivity contribution in [1.29, 1.82) is 0 Å². The Kier molecular flexibility index (Phi) is 4.56. The monoisotopic (exact) mass is 270 g/mol. The van der Waals surface area contributed by atoms with Gasteiger partial charge in [-0.3, -0.25) is 4.79 Å². The van der Waals surface area contributed by atoms with Crippen molar-refractivity contribution >= 4 is 28.2 Å². The number of hydrogen-bond donors (Lipinski definition) is 3. The molecular formula is C12H22N4OS. The van der Waals surface area contributed by atoms with Crippen LogP contribution in [0.5, 0.6) is 0 Å². The number of thiazole rings is 1. The first-order valence-corrected chi connectivity index (χ1v) is 6.92. The Bertz CT molecular complexity index is 426. The summed E-state index contributed by atoms with van der Waals surface area (Å²) in [5.74, 6) is 0.126.